The highest BCUT2D eigenvalue weighted by molar-refractivity contribution is 5.95. The number of rotatable bonds is 6. The van der Waals surface area contributed by atoms with Crippen molar-refractivity contribution < 1.29 is 27.9 Å². The lowest BCUT2D eigenvalue weighted by Crippen LogP contribution is -2.30. The van der Waals surface area contributed by atoms with Gasteiger partial charge in [-0.05, 0) is 25.5 Å². The summed E-state index contributed by atoms with van der Waals surface area (Å²) in [6.07, 6.45) is -3.93. The number of aryl methyl sites for hydroxylation is 1. The van der Waals surface area contributed by atoms with E-state index in [2.05, 4.69) is 5.10 Å². The number of carboxylic acids is 1. The Bertz CT molecular complexity index is 798. The molecular formula is C17H18F3N3O3. The van der Waals surface area contributed by atoms with Crippen molar-refractivity contribution in [3.63, 3.8) is 0 Å². The fraction of sp³-hybridized carbons (Fsp3) is 0.353. The maximum absolute atomic E-state index is 13.6. The normalized spacial score (nSPS) is 11.4. The number of alkyl halides is 3. The van der Waals surface area contributed by atoms with E-state index in [1.54, 1.807) is 19.1 Å². The number of hydrogen-bond donors (Lipinski definition) is 1. The maximum Gasteiger partial charge on any atom is 0.434 e. The Morgan fingerprint density at radius 2 is 1.85 bits per heavy atom. The van der Waals surface area contributed by atoms with Crippen molar-refractivity contribution in [2.75, 3.05) is 13.6 Å². The fourth-order valence-corrected chi connectivity index (χ4v) is 2.43. The molecule has 9 heteroatoms. The van der Waals surface area contributed by atoms with E-state index < -0.39 is 29.3 Å². The Balaban J connectivity index is 2.35. The van der Waals surface area contributed by atoms with Crippen molar-refractivity contribution in [3.05, 3.63) is 47.3 Å². The molecule has 2 aromatic rings. The number of carbonyl (C=O) groups excluding carboxylic acids is 1. The number of aliphatic carboxylic acids is 1. The number of hydrogen-bond acceptors (Lipinski definition) is 3. The van der Waals surface area contributed by atoms with E-state index >= 15 is 0 Å². The number of halogens is 3. The Hall–Kier alpha value is -2.84. The number of aromatic nitrogens is 2. The van der Waals surface area contributed by atoms with Crippen LogP contribution in [-0.4, -0.2) is 45.3 Å². The summed E-state index contributed by atoms with van der Waals surface area (Å²) >= 11 is 0. The van der Waals surface area contributed by atoms with Gasteiger partial charge in [-0.1, -0.05) is 17.7 Å². The van der Waals surface area contributed by atoms with E-state index in [9.17, 15) is 22.8 Å². The van der Waals surface area contributed by atoms with Crippen molar-refractivity contribution in [1.29, 1.82) is 0 Å². The van der Waals surface area contributed by atoms with E-state index in [4.69, 9.17) is 5.11 Å². The first-order valence-electron chi connectivity index (χ1n) is 7.80. The van der Waals surface area contributed by atoms with Crippen molar-refractivity contribution in [3.8, 4) is 5.69 Å². The van der Waals surface area contributed by atoms with Gasteiger partial charge in [0, 0.05) is 20.0 Å². The first kappa shape index (κ1) is 19.5. The maximum atomic E-state index is 13.6. The molecule has 0 saturated carbocycles. The topological polar surface area (TPSA) is 75.4 Å². The van der Waals surface area contributed by atoms with Crippen molar-refractivity contribution in [2.45, 2.75) is 25.9 Å². The van der Waals surface area contributed by atoms with Crippen LogP contribution in [0.5, 0.6) is 0 Å². The lowest BCUT2D eigenvalue weighted by atomic mass is 10.2. The van der Waals surface area contributed by atoms with Crippen LogP contribution in [0.2, 0.25) is 0 Å². The largest absolute Gasteiger partial charge is 0.481 e. The van der Waals surface area contributed by atoms with Crippen LogP contribution in [-0.2, 0) is 11.0 Å². The molecule has 1 aromatic heterocycles. The second-order valence-electron chi connectivity index (χ2n) is 5.88. The molecule has 0 unspecified atom stereocenters. The highest BCUT2D eigenvalue weighted by Gasteiger charge is 2.41. The van der Waals surface area contributed by atoms with Crippen molar-refractivity contribution in [2.24, 2.45) is 0 Å². The second-order valence-corrected chi connectivity index (χ2v) is 5.88. The van der Waals surface area contributed by atoms with Gasteiger partial charge in [0.25, 0.3) is 5.91 Å². The predicted molar refractivity (Wildman–Crippen MR) is 87.1 cm³/mol. The van der Waals surface area contributed by atoms with E-state index in [1.165, 1.54) is 19.2 Å². The van der Waals surface area contributed by atoms with Gasteiger partial charge in [0.05, 0.1) is 17.4 Å². The number of benzene rings is 1. The van der Waals surface area contributed by atoms with Gasteiger partial charge in [0.1, 0.15) is 0 Å². The quantitative estimate of drug-likeness (QED) is 0.849. The van der Waals surface area contributed by atoms with Gasteiger partial charge in [-0.15, -0.1) is 0 Å². The van der Waals surface area contributed by atoms with Crippen LogP contribution in [0.15, 0.2) is 30.5 Å². The molecule has 0 aliphatic heterocycles. The lowest BCUT2D eigenvalue weighted by Gasteiger charge is -2.18. The minimum Gasteiger partial charge on any atom is -0.481 e. The smallest absolute Gasteiger partial charge is 0.434 e. The summed E-state index contributed by atoms with van der Waals surface area (Å²) in [4.78, 5) is 24.0. The van der Waals surface area contributed by atoms with Crippen molar-refractivity contribution >= 4 is 11.9 Å². The van der Waals surface area contributed by atoms with Crippen LogP contribution in [0.1, 0.15) is 34.5 Å². The zero-order valence-electron chi connectivity index (χ0n) is 14.2. The third kappa shape index (κ3) is 4.41. The summed E-state index contributed by atoms with van der Waals surface area (Å²) in [5, 5.41) is 12.4. The molecule has 0 radical (unpaired) electrons. The van der Waals surface area contributed by atoms with Gasteiger partial charge in [0.2, 0.25) is 0 Å². The standard InChI is InChI=1S/C17H18F3N3O3/c1-11-5-7-12(8-6-11)23-15(17(18,19)20)13(10-21-23)16(26)22(2)9-3-4-14(24)25/h5-8,10H,3-4,9H2,1-2H3,(H,24,25). The summed E-state index contributed by atoms with van der Waals surface area (Å²) in [5.41, 5.74) is -0.660. The zero-order valence-corrected chi connectivity index (χ0v) is 14.2. The molecule has 0 bridgehead atoms. The van der Waals surface area contributed by atoms with Gasteiger partial charge in [-0.2, -0.15) is 18.3 Å². The summed E-state index contributed by atoms with van der Waals surface area (Å²) < 4.78 is 41.4. The first-order chi connectivity index (χ1) is 12.1. The van der Waals surface area contributed by atoms with Gasteiger partial charge < -0.3 is 10.0 Å². The molecule has 0 atom stereocenters. The average Bonchev–Trinajstić information content (AvgIpc) is 2.99. The Morgan fingerprint density at radius 3 is 2.38 bits per heavy atom. The number of amides is 1. The monoisotopic (exact) mass is 369 g/mol. The van der Waals surface area contributed by atoms with E-state index in [-0.39, 0.29) is 25.1 Å². The SMILES string of the molecule is Cc1ccc(-n2ncc(C(=O)N(C)CCCC(=O)O)c2C(F)(F)F)cc1. The van der Waals surface area contributed by atoms with Crippen LogP contribution in [0.25, 0.3) is 5.69 Å². The van der Waals surface area contributed by atoms with E-state index in [1.807, 2.05) is 0 Å². The Labute approximate surface area is 147 Å². The highest BCUT2D eigenvalue weighted by atomic mass is 19.4. The molecule has 2 rings (SSSR count). The van der Waals surface area contributed by atoms with Crippen LogP contribution >= 0.6 is 0 Å². The van der Waals surface area contributed by atoms with E-state index in [0.29, 0.717) is 4.68 Å². The van der Waals surface area contributed by atoms with Gasteiger partial charge in [-0.3, -0.25) is 9.59 Å². The summed E-state index contributed by atoms with van der Waals surface area (Å²) in [7, 11) is 1.33. The molecule has 1 amide bonds. The number of carboxylic acid groups (broad SMARTS) is 1. The first-order valence-corrected chi connectivity index (χ1v) is 7.80. The Kier molecular flexibility index (Phi) is 5.69. The molecule has 6 nitrogen and oxygen atoms in total. The minimum absolute atomic E-state index is 0.0259. The molecule has 0 aliphatic rings. The van der Waals surface area contributed by atoms with E-state index in [0.717, 1.165) is 16.7 Å². The molecule has 26 heavy (non-hydrogen) atoms. The van der Waals surface area contributed by atoms with Crippen LogP contribution < -0.4 is 0 Å². The van der Waals surface area contributed by atoms with Crippen LogP contribution in [0.3, 0.4) is 0 Å². The molecule has 1 heterocycles. The molecule has 0 aliphatic carbocycles. The molecule has 1 aromatic carbocycles. The van der Waals surface area contributed by atoms with Gasteiger partial charge in [0.15, 0.2) is 5.69 Å². The zero-order chi connectivity index (χ0) is 19.5. The molecule has 0 fully saturated rings. The second kappa shape index (κ2) is 7.59. The third-order valence-electron chi connectivity index (χ3n) is 3.78. The summed E-state index contributed by atoms with van der Waals surface area (Å²) in [6.45, 7) is 1.83. The molecule has 1 N–H and O–H groups in total. The predicted octanol–water partition coefficient (Wildman–Crippen LogP) is 3.14. The third-order valence-corrected chi connectivity index (χ3v) is 3.78. The molecular weight excluding hydrogens is 351 g/mol. The van der Waals surface area contributed by atoms with Crippen LogP contribution in [0, 0.1) is 6.92 Å². The number of carbonyl (C=O) groups is 2. The molecule has 0 saturated heterocycles. The summed E-state index contributed by atoms with van der Waals surface area (Å²) in [6, 6.07) is 6.28. The van der Waals surface area contributed by atoms with Crippen LogP contribution in [0.4, 0.5) is 13.2 Å². The molecule has 0 spiro atoms. The number of nitrogens with zero attached hydrogens (tertiary/aromatic N) is 3. The van der Waals surface area contributed by atoms with Gasteiger partial charge >= 0.3 is 12.1 Å². The fourth-order valence-electron chi connectivity index (χ4n) is 2.43. The average molecular weight is 369 g/mol. The molecule has 140 valence electrons. The minimum atomic E-state index is -4.78. The van der Waals surface area contributed by atoms with Gasteiger partial charge in [-0.25, -0.2) is 4.68 Å². The van der Waals surface area contributed by atoms with Crippen molar-refractivity contribution in [1.82, 2.24) is 14.7 Å². The highest BCUT2D eigenvalue weighted by Crippen LogP contribution is 2.34. The Morgan fingerprint density at radius 1 is 1.23 bits per heavy atom. The summed E-state index contributed by atoms with van der Waals surface area (Å²) in [5.74, 6) is -1.89. The lowest BCUT2D eigenvalue weighted by molar-refractivity contribution is -0.143.